The van der Waals surface area contributed by atoms with Crippen molar-refractivity contribution in [3.8, 4) is 0 Å². The van der Waals surface area contributed by atoms with Gasteiger partial charge in [0.25, 0.3) is 5.91 Å². The van der Waals surface area contributed by atoms with Crippen molar-refractivity contribution in [3.05, 3.63) is 69.5 Å². The second kappa shape index (κ2) is 8.25. The van der Waals surface area contributed by atoms with Crippen LogP contribution in [0.1, 0.15) is 22.0 Å². The van der Waals surface area contributed by atoms with E-state index in [1.54, 1.807) is 29.2 Å². The predicted molar refractivity (Wildman–Crippen MR) is 102 cm³/mol. The second-order valence-electron chi connectivity index (χ2n) is 6.31. The first-order valence-corrected chi connectivity index (χ1v) is 9.15. The second-order valence-corrected chi connectivity index (χ2v) is 7.18. The van der Waals surface area contributed by atoms with Gasteiger partial charge in [-0.05, 0) is 35.9 Å². The molecule has 2 aromatic rings. The van der Waals surface area contributed by atoms with Crippen LogP contribution in [0.2, 0.25) is 10.0 Å². The summed E-state index contributed by atoms with van der Waals surface area (Å²) in [7, 11) is 0. The topological polar surface area (TPSA) is 66.6 Å². The van der Waals surface area contributed by atoms with Gasteiger partial charge < -0.3 is 10.6 Å². The summed E-state index contributed by atoms with van der Waals surface area (Å²) in [6.45, 7) is 1.57. The van der Waals surface area contributed by atoms with Gasteiger partial charge in [-0.25, -0.2) is 4.39 Å². The number of halogens is 3. The maximum atomic E-state index is 14.0. The third-order valence-corrected chi connectivity index (χ3v) is 5.07. The van der Waals surface area contributed by atoms with Gasteiger partial charge in [-0.2, -0.15) is 0 Å². The molecule has 1 atom stereocenters. The van der Waals surface area contributed by atoms with Crippen LogP contribution < -0.4 is 5.73 Å². The Labute approximate surface area is 166 Å². The highest BCUT2D eigenvalue weighted by molar-refractivity contribution is 6.31. The van der Waals surface area contributed by atoms with Gasteiger partial charge in [-0.1, -0.05) is 35.3 Å². The first-order chi connectivity index (χ1) is 12.9. The van der Waals surface area contributed by atoms with E-state index in [9.17, 15) is 14.0 Å². The lowest BCUT2D eigenvalue weighted by Gasteiger charge is -2.38. The molecule has 142 valence electrons. The quantitative estimate of drug-likeness (QED) is 0.843. The van der Waals surface area contributed by atoms with Crippen LogP contribution in [0.5, 0.6) is 0 Å². The fourth-order valence-electron chi connectivity index (χ4n) is 3.22. The van der Waals surface area contributed by atoms with Crippen LogP contribution in [0.15, 0.2) is 42.5 Å². The van der Waals surface area contributed by atoms with Crippen molar-refractivity contribution in [3.63, 3.8) is 0 Å². The Balaban J connectivity index is 1.71. The molecule has 0 saturated carbocycles. The Morgan fingerprint density at radius 3 is 2.15 bits per heavy atom. The number of amides is 2. The van der Waals surface area contributed by atoms with Gasteiger partial charge in [0.1, 0.15) is 11.9 Å². The average molecular weight is 410 g/mol. The van der Waals surface area contributed by atoms with Crippen LogP contribution in [0.25, 0.3) is 0 Å². The predicted octanol–water partition coefficient (Wildman–Crippen LogP) is 3.12. The summed E-state index contributed by atoms with van der Waals surface area (Å²) in [6, 6.07) is 10.2. The number of nitrogens with zero attached hydrogens (tertiary/aromatic N) is 2. The minimum absolute atomic E-state index is 0.0555. The zero-order chi connectivity index (χ0) is 19.6. The highest BCUT2D eigenvalue weighted by atomic mass is 35.5. The van der Waals surface area contributed by atoms with Crippen molar-refractivity contribution >= 4 is 35.0 Å². The molecule has 0 aliphatic carbocycles. The van der Waals surface area contributed by atoms with Crippen LogP contribution in [0, 0.1) is 5.82 Å². The Hall–Kier alpha value is -2.15. The first-order valence-electron chi connectivity index (χ1n) is 8.40. The van der Waals surface area contributed by atoms with Crippen molar-refractivity contribution in [1.29, 1.82) is 0 Å². The van der Waals surface area contributed by atoms with Gasteiger partial charge in [-0.3, -0.25) is 14.5 Å². The van der Waals surface area contributed by atoms with Gasteiger partial charge in [0.05, 0.1) is 5.56 Å². The molecule has 8 heteroatoms. The number of carbonyl (C=O) groups excluding carboxylic acids is 2. The summed E-state index contributed by atoms with van der Waals surface area (Å²) in [5.41, 5.74) is 6.29. The van der Waals surface area contributed by atoms with E-state index in [0.29, 0.717) is 36.2 Å². The lowest BCUT2D eigenvalue weighted by atomic mass is 10.0. The van der Waals surface area contributed by atoms with Crippen molar-refractivity contribution in [1.82, 2.24) is 9.80 Å². The van der Waals surface area contributed by atoms with Crippen molar-refractivity contribution in [2.75, 3.05) is 26.2 Å². The Morgan fingerprint density at radius 2 is 1.56 bits per heavy atom. The molecule has 0 aromatic heterocycles. The fraction of sp³-hybridized carbons (Fsp3) is 0.263. The number of primary amides is 1. The summed E-state index contributed by atoms with van der Waals surface area (Å²) in [6.07, 6.45) is 0. The average Bonchev–Trinajstić information content (AvgIpc) is 2.65. The summed E-state index contributed by atoms with van der Waals surface area (Å²) >= 11 is 11.8. The van der Waals surface area contributed by atoms with E-state index in [1.165, 1.54) is 18.2 Å². The van der Waals surface area contributed by atoms with E-state index < -0.39 is 23.7 Å². The summed E-state index contributed by atoms with van der Waals surface area (Å²) in [5, 5.41) is 0.871. The van der Waals surface area contributed by atoms with Crippen LogP contribution >= 0.6 is 23.2 Å². The minimum atomic E-state index is -0.609. The van der Waals surface area contributed by atoms with Gasteiger partial charge in [0.15, 0.2) is 0 Å². The molecule has 2 aromatic carbocycles. The molecule has 0 spiro atoms. The van der Waals surface area contributed by atoms with Gasteiger partial charge in [0.2, 0.25) is 5.91 Å². The monoisotopic (exact) mass is 409 g/mol. The van der Waals surface area contributed by atoms with Crippen molar-refractivity contribution < 1.29 is 14.0 Å². The summed E-state index contributed by atoms with van der Waals surface area (Å²) in [4.78, 5) is 28.1. The number of rotatable bonds is 4. The summed E-state index contributed by atoms with van der Waals surface area (Å²) in [5.74, 6) is -1.50. The molecular weight excluding hydrogens is 392 g/mol. The smallest absolute Gasteiger partial charge is 0.256 e. The molecule has 0 radical (unpaired) electrons. The SMILES string of the molecule is NC(=O)[C@@H](c1ccc(Cl)cc1)N1CCN(C(=O)c2cc(Cl)ccc2F)CC1. The third-order valence-electron chi connectivity index (χ3n) is 4.58. The van der Waals surface area contributed by atoms with E-state index in [-0.39, 0.29) is 5.56 Å². The normalized spacial score (nSPS) is 16.2. The molecule has 1 aliphatic rings. The molecule has 27 heavy (non-hydrogen) atoms. The van der Waals surface area contributed by atoms with E-state index in [1.807, 2.05) is 4.90 Å². The largest absolute Gasteiger partial charge is 0.368 e. The molecule has 2 amide bonds. The van der Waals surface area contributed by atoms with Crippen molar-refractivity contribution in [2.24, 2.45) is 5.73 Å². The Kier molecular flexibility index (Phi) is 5.99. The van der Waals surface area contributed by atoms with E-state index in [2.05, 4.69) is 0 Å². The summed E-state index contributed by atoms with van der Waals surface area (Å²) < 4.78 is 14.0. The lowest BCUT2D eigenvalue weighted by molar-refractivity contribution is -0.124. The maximum absolute atomic E-state index is 14.0. The van der Waals surface area contributed by atoms with E-state index in [4.69, 9.17) is 28.9 Å². The van der Waals surface area contributed by atoms with Crippen LogP contribution in [0.3, 0.4) is 0 Å². The van der Waals surface area contributed by atoms with Crippen LogP contribution in [-0.4, -0.2) is 47.8 Å². The number of nitrogens with two attached hydrogens (primary N) is 1. The van der Waals surface area contributed by atoms with Gasteiger partial charge in [0, 0.05) is 36.2 Å². The molecule has 2 N–H and O–H groups in total. The van der Waals surface area contributed by atoms with Crippen LogP contribution in [-0.2, 0) is 4.79 Å². The highest BCUT2D eigenvalue weighted by Crippen LogP contribution is 2.24. The van der Waals surface area contributed by atoms with Gasteiger partial charge >= 0.3 is 0 Å². The lowest BCUT2D eigenvalue weighted by Crippen LogP contribution is -2.52. The van der Waals surface area contributed by atoms with Crippen LogP contribution in [0.4, 0.5) is 4.39 Å². The number of hydrogen-bond acceptors (Lipinski definition) is 3. The first kappa shape index (κ1) is 19.6. The molecule has 3 rings (SSSR count). The number of benzene rings is 2. The number of carbonyl (C=O) groups is 2. The van der Waals surface area contributed by atoms with Gasteiger partial charge in [-0.15, -0.1) is 0 Å². The highest BCUT2D eigenvalue weighted by Gasteiger charge is 2.31. The number of hydrogen-bond donors (Lipinski definition) is 1. The zero-order valence-electron chi connectivity index (χ0n) is 14.4. The minimum Gasteiger partial charge on any atom is -0.368 e. The van der Waals surface area contributed by atoms with E-state index in [0.717, 1.165) is 5.56 Å². The Morgan fingerprint density at radius 1 is 0.963 bits per heavy atom. The maximum Gasteiger partial charge on any atom is 0.256 e. The van der Waals surface area contributed by atoms with Crippen molar-refractivity contribution in [2.45, 2.75) is 6.04 Å². The molecule has 0 unspecified atom stereocenters. The molecule has 1 fully saturated rings. The standard InChI is InChI=1S/C19H18Cl2FN3O2/c20-13-3-1-12(2-4-13)17(18(23)26)24-7-9-25(10-8-24)19(27)15-11-14(21)5-6-16(15)22/h1-6,11,17H,7-10H2,(H2,23,26)/t17-/m1/s1. The molecule has 1 saturated heterocycles. The zero-order valence-corrected chi connectivity index (χ0v) is 15.9. The third kappa shape index (κ3) is 4.40. The molecule has 1 aliphatic heterocycles. The molecule has 5 nitrogen and oxygen atoms in total. The number of piperazine rings is 1. The fourth-order valence-corrected chi connectivity index (χ4v) is 3.51. The molecule has 0 bridgehead atoms. The molecular formula is C19H18Cl2FN3O2. The van der Waals surface area contributed by atoms with E-state index >= 15 is 0 Å². The Bertz CT molecular complexity index is 853. The molecule has 1 heterocycles.